The first kappa shape index (κ1) is 16.3. The Morgan fingerprint density at radius 3 is 2.60 bits per heavy atom. The van der Waals surface area contributed by atoms with Gasteiger partial charge in [-0.25, -0.2) is 4.79 Å². The van der Waals surface area contributed by atoms with E-state index in [1.807, 2.05) is 37.3 Å². The quantitative estimate of drug-likeness (QED) is 0.801. The summed E-state index contributed by atoms with van der Waals surface area (Å²) in [6.45, 7) is 4.58. The van der Waals surface area contributed by atoms with Crippen molar-refractivity contribution in [3.8, 4) is 5.75 Å². The van der Waals surface area contributed by atoms with Crippen molar-refractivity contribution in [3.63, 3.8) is 0 Å². The molecule has 1 aromatic carbocycles. The third-order valence-corrected chi connectivity index (χ3v) is 2.85. The maximum Gasteiger partial charge on any atom is 0.317 e. The third kappa shape index (κ3) is 6.43. The highest BCUT2D eigenvalue weighted by atomic mass is 16.5. The summed E-state index contributed by atoms with van der Waals surface area (Å²) in [5.41, 5.74) is 0. The van der Waals surface area contributed by atoms with Crippen molar-refractivity contribution in [2.75, 3.05) is 20.1 Å². The van der Waals surface area contributed by atoms with Crippen LogP contribution in [0.5, 0.6) is 5.75 Å². The van der Waals surface area contributed by atoms with Gasteiger partial charge in [-0.15, -0.1) is 0 Å². The molecule has 2 unspecified atom stereocenters. The Kier molecular flexibility index (Phi) is 6.87. The molecule has 0 aromatic heterocycles. The van der Waals surface area contributed by atoms with Crippen LogP contribution in [-0.2, 0) is 0 Å². The zero-order chi connectivity index (χ0) is 15.0. The zero-order valence-electron chi connectivity index (χ0n) is 12.4. The lowest BCUT2D eigenvalue weighted by atomic mass is 10.3. The average Bonchev–Trinajstić information content (AvgIpc) is 2.43. The molecule has 20 heavy (non-hydrogen) atoms. The third-order valence-electron chi connectivity index (χ3n) is 2.85. The van der Waals surface area contributed by atoms with E-state index in [-0.39, 0.29) is 12.1 Å². The summed E-state index contributed by atoms with van der Waals surface area (Å²) in [6.07, 6.45) is 0.0668. The van der Waals surface area contributed by atoms with Crippen molar-refractivity contribution in [3.05, 3.63) is 30.3 Å². The molecule has 112 valence electrons. The van der Waals surface area contributed by atoms with Gasteiger partial charge >= 0.3 is 6.03 Å². The van der Waals surface area contributed by atoms with Gasteiger partial charge in [0.2, 0.25) is 0 Å². The maximum absolute atomic E-state index is 11.8. The van der Waals surface area contributed by atoms with Crippen molar-refractivity contribution in [1.29, 1.82) is 0 Å². The van der Waals surface area contributed by atoms with Gasteiger partial charge in [-0.05, 0) is 32.4 Å². The summed E-state index contributed by atoms with van der Waals surface area (Å²) in [5.74, 6) is 0.789. The first-order valence-corrected chi connectivity index (χ1v) is 6.87. The first-order valence-electron chi connectivity index (χ1n) is 6.87. The van der Waals surface area contributed by atoms with Crippen LogP contribution < -0.4 is 10.1 Å². The number of amides is 2. The molecule has 0 spiro atoms. The Bertz CT molecular complexity index is 395. The predicted octanol–water partition coefficient (Wildman–Crippen LogP) is 1.87. The molecule has 5 nitrogen and oxygen atoms in total. The highest BCUT2D eigenvalue weighted by Gasteiger charge is 2.11. The molecule has 0 saturated carbocycles. The molecule has 1 aromatic rings. The maximum atomic E-state index is 11.8. The van der Waals surface area contributed by atoms with Crippen LogP contribution in [0.3, 0.4) is 0 Å². The van der Waals surface area contributed by atoms with Crippen molar-refractivity contribution < 1.29 is 14.6 Å². The van der Waals surface area contributed by atoms with E-state index in [9.17, 15) is 9.90 Å². The van der Waals surface area contributed by atoms with E-state index in [0.29, 0.717) is 19.5 Å². The number of hydrogen-bond acceptors (Lipinski definition) is 3. The fourth-order valence-corrected chi connectivity index (χ4v) is 1.62. The van der Waals surface area contributed by atoms with E-state index < -0.39 is 6.10 Å². The van der Waals surface area contributed by atoms with Crippen LogP contribution in [-0.4, -0.2) is 48.4 Å². The van der Waals surface area contributed by atoms with Gasteiger partial charge in [-0.1, -0.05) is 18.2 Å². The zero-order valence-corrected chi connectivity index (χ0v) is 12.4. The molecule has 0 aliphatic rings. The smallest absolute Gasteiger partial charge is 0.317 e. The van der Waals surface area contributed by atoms with Crippen molar-refractivity contribution in [1.82, 2.24) is 10.2 Å². The normalized spacial score (nSPS) is 13.4. The van der Waals surface area contributed by atoms with Crippen LogP contribution in [0.4, 0.5) is 4.79 Å². The Hall–Kier alpha value is -1.75. The van der Waals surface area contributed by atoms with Gasteiger partial charge in [0.05, 0.1) is 12.6 Å². The number of carbonyl (C=O) groups is 1. The molecule has 2 amide bonds. The van der Waals surface area contributed by atoms with Crippen LogP contribution in [0, 0.1) is 0 Å². The van der Waals surface area contributed by atoms with Gasteiger partial charge in [-0.3, -0.25) is 0 Å². The number of urea groups is 1. The fourth-order valence-electron chi connectivity index (χ4n) is 1.62. The number of aliphatic hydroxyl groups excluding tert-OH is 1. The second kappa shape index (κ2) is 8.43. The molecular formula is C15H24N2O3. The SMILES string of the molecule is CC(O)CCN(C)C(=O)NCC(C)Oc1ccccc1. The Morgan fingerprint density at radius 2 is 2.00 bits per heavy atom. The minimum Gasteiger partial charge on any atom is -0.489 e. The standard InChI is InChI=1S/C15H24N2O3/c1-12(18)9-10-17(3)15(19)16-11-13(2)20-14-7-5-4-6-8-14/h4-8,12-13,18H,9-11H2,1-3H3,(H,16,19). The molecule has 0 fully saturated rings. The summed E-state index contributed by atoms with van der Waals surface area (Å²) >= 11 is 0. The van der Waals surface area contributed by atoms with Gasteiger partial charge < -0.3 is 20.1 Å². The molecule has 0 saturated heterocycles. The Balaban J connectivity index is 2.26. The van der Waals surface area contributed by atoms with Gasteiger partial charge in [-0.2, -0.15) is 0 Å². The predicted molar refractivity (Wildman–Crippen MR) is 78.9 cm³/mol. The van der Waals surface area contributed by atoms with Gasteiger partial charge in [0.15, 0.2) is 0 Å². The second-order valence-corrected chi connectivity index (χ2v) is 4.99. The highest BCUT2D eigenvalue weighted by Crippen LogP contribution is 2.10. The monoisotopic (exact) mass is 280 g/mol. The molecule has 1 rings (SSSR count). The number of aliphatic hydroxyl groups is 1. The summed E-state index contributed by atoms with van der Waals surface area (Å²) < 4.78 is 5.67. The molecule has 0 aliphatic heterocycles. The summed E-state index contributed by atoms with van der Waals surface area (Å²) in [6, 6.07) is 9.35. The van der Waals surface area contributed by atoms with E-state index in [0.717, 1.165) is 5.75 Å². The van der Waals surface area contributed by atoms with Gasteiger partial charge in [0.25, 0.3) is 0 Å². The number of rotatable bonds is 7. The summed E-state index contributed by atoms with van der Waals surface area (Å²) in [5, 5.41) is 12.0. The second-order valence-electron chi connectivity index (χ2n) is 4.99. The number of nitrogens with zero attached hydrogens (tertiary/aromatic N) is 1. The van der Waals surface area contributed by atoms with Gasteiger partial charge in [0, 0.05) is 13.6 Å². The average molecular weight is 280 g/mol. The molecule has 2 atom stereocenters. The number of carbonyl (C=O) groups excluding carboxylic acids is 1. The number of nitrogens with one attached hydrogen (secondary N) is 1. The molecule has 0 radical (unpaired) electrons. The number of hydrogen-bond donors (Lipinski definition) is 2. The summed E-state index contributed by atoms with van der Waals surface area (Å²) in [4.78, 5) is 13.3. The van der Waals surface area contributed by atoms with E-state index in [4.69, 9.17) is 4.74 Å². The molecular weight excluding hydrogens is 256 g/mol. The number of benzene rings is 1. The first-order chi connectivity index (χ1) is 9.49. The Morgan fingerprint density at radius 1 is 1.35 bits per heavy atom. The lowest BCUT2D eigenvalue weighted by Gasteiger charge is -2.21. The molecule has 2 N–H and O–H groups in total. The van der Waals surface area contributed by atoms with Crippen molar-refractivity contribution >= 4 is 6.03 Å². The molecule has 0 heterocycles. The van der Waals surface area contributed by atoms with Crippen LogP contribution in [0.1, 0.15) is 20.3 Å². The largest absolute Gasteiger partial charge is 0.489 e. The lowest BCUT2D eigenvalue weighted by molar-refractivity contribution is 0.160. The Labute approximate surface area is 120 Å². The minimum atomic E-state index is -0.398. The van der Waals surface area contributed by atoms with E-state index >= 15 is 0 Å². The van der Waals surface area contributed by atoms with Gasteiger partial charge in [0.1, 0.15) is 11.9 Å². The van der Waals surface area contributed by atoms with E-state index in [1.54, 1.807) is 18.9 Å². The number of ether oxygens (including phenoxy) is 1. The van der Waals surface area contributed by atoms with Crippen molar-refractivity contribution in [2.24, 2.45) is 0 Å². The molecule has 0 aliphatic carbocycles. The molecule has 0 bridgehead atoms. The fraction of sp³-hybridized carbons (Fsp3) is 0.533. The van der Waals surface area contributed by atoms with Crippen LogP contribution in [0.25, 0.3) is 0 Å². The van der Waals surface area contributed by atoms with Crippen molar-refractivity contribution in [2.45, 2.75) is 32.5 Å². The highest BCUT2D eigenvalue weighted by molar-refractivity contribution is 5.73. The van der Waals surface area contributed by atoms with Crippen LogP contribution in [0.2, 0.25) is 0 Å². The lowest BCUT2D eigenvalue weighted by Crippen LogP contribution is -2.42. The minimum absolute atomic E-state index is 0.105. The van der Waals surface area contributed by atoms with E-state index in [1.165, 1.54) is 0 Å². The topological polar surface area (TPSA) is 61.8 Å². The summed E-state index contributed by atoms with van der Waals surface area (Å²) in [7, 11) is 1.71. The van der Waals surface area contributed by atoms with Crippen LogP contribution >= 0.6 is 0 Å². The molecule has 5 heteroatoms. The van der Waals surface area contributed by atoms with E-state index in [2.05, 4.69) is 5.32 Å². The number of para-hydroxylation sites is 1. The van der Waals surface area contributed by atoms with Crippen LogP contribution in [0.15, 0.2) is 30.3 Å².